The molecular formula is C15H17N3O. The van der Waals surface area contributed by atoms with E-state index in [-0.39, 0.29) is 0 Å². The van der Waals surface area contributed by atoms with Gasteiger partial charge in [0.1, 0.15) is 11.6 Å². The Hall–Kier alpha value is -1.97. The van der Waals surface area contributed by atoms with Crippen LogP contribution in [0.25, 0.3) is 11.3 Å². The van der Waals surface area contributed by atoms with Gasteiger partial charge in [-0.05, 0) is 31.9 Å². The van der Waals surface area contributed by atoms with Crippen molar-refractivity contribution in [2.45, 2.75) is 38.5 Å². The average Bonchev–Trinajstić information content (AvgIpc) is 2.83. The maximum atomic E-state index is 11.3. The fourth-order valence-corrected chi connectivity index (χ4v) is 2.67. The Kier molecular flexibility index (Phi) is 3.15. The van der Waals surface area contributed by atoms with E-state index in [4.69, 9.17) is 4.98 Å². The molecule has 0 amide bonds. The Labute approximate surface area is 112 Å². The van der Waals surface area contributed by atoms with E-state index in [0.717, 1.165) is 35.6 Å². The number of ketones is 1. The summed E-state index contributed by atoms with van der Waals surface area (Å²) in [5, 5.41) is 0. The second kappa shape index (κ2) is 4.96. The summed E-state index contributed by atoms with van der Waals surface area (Å²) in [5.74, 6) is 1.79. The van der Waals surface area contributed by atoms with Crippen LogP contribution in [-0.4, -0.2) is 20.7 Å². The molecule has 2 heterocycles. The molecule has 3 rings (SSSR count). The first kappa shape index (κ1) is 12.1. The number of nitrogens with one attached hydrogen (secondary N) is 1. The number of hydrogen-bond acceptors (Lipinski definition) is 3. The molecule has 4 heteroatoms. The minimum Gasteiger partial charge on any atom is -0.345 e. The van der Waals surface area contributed by atoms with Crippen LogP contribution in [0.3, 0.4) is 0 Å². The molecule has 19 heavy (non-hydrogen) atoms. The van der Waals surface area contributed by atoms with Crippen LogP contribution in [-0.2, 0) is 4.79 Å². The molecule has 1 fully saturated rings. The summed E-state index contributed by atoms with van der Waals surface area (Å²) in [4.78, 5) is 23.5. The summed E-state index contributed by atoms with van der Waals surface area (Å²) in [7, 11) is 0. The third kappa shape index (κ3) is 2.43. The zero-order valence-electron chi connectivity index (χ0n) is 11.0. The van der Waals surface area contributed by atoms with Crippen molar-refractivity contribution in [3.63, 3.8) is 0 Å². The molecule has 2 aromatic rings. The zero-order valence-corrected chi connectivity index (χ0v) is 11.0. The highest BCUT2D eigenvalue weighted by molar-refractivity contribution is 5.79. The number of rotatable bonds is 2. The molecule has 4 nitrogen and oxygen atoms in total. The Morgan fingerprint density at radius 2 is 2.11 bits per heavy atom. The summed E-state index contributed by atoms with van der Waals surface area (Å²) in [6.07, 6.45) is 6.80. The van der Waals surface area contributed by atoms with E-state index in [0.29, 0.717) is 24.5 Å². The summed E-state index contributed by atoms with van der Waals surface area (Å²) in [6.45, 7) is 2.03. The van der Waals surface area contributed by atoms with Crippen LogP contribution in [0.2, 0.25) is 0 Å². The van der Waals surface area contributed by atoms with Crippen molar-refractivity contribution in [3.8, 4) is 11.3 Å². The normalized spacial score (nSPS) is 16.8. The number of hydrogen-bond donors (Lipinski definition) is 1. The lowest BCUT2D eigenvalue weighted by molar-refractivity contribution is -0.120. The van der Waals surface area contributed by atoms with E-state index in [1.807, 2.05) is 25.3 Å². The highest BCUT2D eigenvalue weighted by atomic mass is 16.1. The van der Waals surface area contributed by atoms with Gasteiger partial charge in [-0.3, -0.25) is 9.78 Å². The molecule has 0 radical (unpaired) electrons. The molecule has 2 aromatic heterocycles. The third-order valence-electron chi connectivity index (χ3n) is 3.77. The van der Waals surface area contributed by atoms with Gasteiger partial charge in [-0.15, -0.1) is 0 Å². The highest BCUT2D eigenvalue weighted by Crippen LogP contribution is 2.31. The third-order valence-corrected chi connectivity index (χ3v) is 3.77. The van der Waals surface area contributed by atoms with Gasteiger partial charge in [0.25, 0.3) is 0 Å². The zero-order chi connectivity index (χ0) is 13.2. The predicted molar refractivity (Wildman–Crippen MR) is 72.8 cm³/mol. The van der Waals surface area contributed by atoms with E-state index in [9.17, 15) is 4.79 Å². The van der Waals surface area contributed by atoms with Crippen molar-refractivity contribution in [1.82, 2.24) is 15.0 Å². The quantitative estimate of drug-likeness (QED) is 0.897. The Balaban J connectivity index is 1.87. The summed E-state index contributed by atoms with van der Waals surface area (Å²) in [5.41, 5.74) is 3.08. The van der Waals surface area contributed by atoms with Crippen LogP contribution in [0.1, 0.15) is 43.1 Å². The number of nitrogens with zero attached hydrogens (tertiary/aromatic N) is 2. The lowest BCUT2D eigenvalue weighted by Gasteiger charge is -2.18. The molecule has 0 saturated heterocycles. The number of aromatic nitrogens is 3. The number of carbonyl (C=O) groups is 1. The number of Topliss-reactive ketones (excluding diaryl/α,β-unsaturated/α-hetero) is 1. The van der Waals surface area contributed by atoms with Crippen molar-refractivity contribution < 1.29 is 4.79 Å². The van der Waals surface area contributed by atoms with Crippen LogP contribution in [0, 0.1) is 6.92 Å². The first-order chi connectivity index (χ1) is 9.24. The van der Waals surface area contributed by atoms with Gasteiger partial charge < -0.3 is 4.98 Å². The highest BCUT2D eigenvalue weighted by Gasteiger charge is 2.23. The van der Waals surface area contributed by atoms with Crippen LogP contribution in [0.5, 0.6) is 0 Å². The van der Waals surface area contributed by atoms with Crippen LogP contribution >= 0.6 is 0 Å². The SMILES string of the molecule is Cc1[nH]c(C2CCC(=O)CC2)nc1-c1cccnc1. The number of imidazole rings is 1. The van der Waals surface area contributed by atoms with Crippen LogP contribution in [0.4, 0.5) is 0 Å². The molecule has 0 aliphatic heterocycles. The van der Waals surface area contributed by atoms with E-state index in [1.54, 1.807) is 6.20 Å². The maximum Gasteiger partial charge on any atom is 0.132 e. The fraction of sp³-hybridized carbons (Fsp3) is 0.400. The van der Waals surface area contributed by atoms with Crippen molar-refractivity contribution >= 4 is 5.78 Å². The molecule has 0 unspecified atom stereocenters. The van der Waals surface area contributed by atoms with Crippen LogP contribution in [0.15, 0.2) is 24.5 Å². The smallest absolute Gasteiger partial charge is 0.132 e. The first-order valence-electron chi connectivity index (χ1n) is 6.72. The van der Waals surface area contributed by atoms with Gasteiger partial charge in [-0.2, -0.15) is 0 Å². The molecule has 1 aliphatic carbocycles. The largest absolute Gasteiger partial charge is 0.345 e. The molecule has 0 spiro atoms. The predicted octanol–water partition coefficient (Wildman–Crippen LogP) is 3.01. The van der Waals surface area contributed by atoms with Gasteiger partial charge in [-0.25, -0.2) is 4.98 Å². The van der Waals surface area contributed by atoms with E-state index in [1.165, 1.54) is 0 Å². The molecule has 0 aromatic carbocycles. The number of aryl methyl sites for hydroxylation is 1. The van der Waals surface area contributed by atoms with Gasteiger partial charge in [0, 0.05) is 42.4 Å². The molecule has 98 valence electrons. The molecular weight excluding hydrogens is 238 g/mol. The van der Waals surface area contributed by atoms with Crippen molar-refractivity contribution in [2.24, 2.45) is 0 Å². The molecule has 1 N–H and O–H groups in total. The number of H-pyrrole nitrogens is 1. The molecule has 1 saturated carbocycles. The molecule has 1 aliphatic rings. The minimum absolute atomic E-state index is 0.381. The van der Waals surface area contributed by atoms with E-state index < -0.39 is 0 Å². The summed E-state index contributed by atoms with van der Waals surface area (Å²) in [6, 6.07) is 3.94. The topological polar surface area (TPSA) is 58.6 Å². The van der Waals surface area contributed by atoms with Gasteiger partial charge >= 0.3 is 0 Å². The minimum atomic E-state index is 0.381. The first-order valence-corrected chi connectivity index (χ1v) is 6.72. The van der Waals surface area contributed by atoms with Crippen LogP contribution < -0.4 is 0 Å². The van der Waals surface area contributed by atoms with Crippen molar-refractivity contribution in [2.75, 3.05) is 0 Å². The monoisotopic (exact) mass is 255 g/mol. The Morgan fingerprint density at radius 1 is 1.32 bits per heavy atom. The number of aromatic amines is 1. The van der Waals surface area contributed by atoms with E-state index >= 15 is 0 Å². The van der Waals surface area contributed by atoms with Gasteiger partial charge in [0.15, 0.2) is 0 Å². The summed E-state index contributed by atoms with van der Waals surface area (Å²) >= 11 is 0. The molecule has 0 bridgehead atoms. The van der Waals surface area contributed by atoms with Gasteiger partial charge in [0.2, 0.25) is 0 Å². The van der Waals surface area contributed by atoms with Gasteiger partial charge in [0.05, 0.1) is 5.69 Å². The second-order valence-corrected chi connectivity index (χ2v) is 5.15. The number of pyridine rings is 1. The average molecular weight is 255 g/mol. The maximum absolute atomic E-state index is 11.3. The number of carbonyl (C=O) groups excluding carboxylic acids is 1. The lowest BCUT2D eigenvalue weighted by atomic mass is 9.88. The summed E-state index contributed by atoms with van der Waals surface area (Å²) < 4.78 is 0. The fourth-order valence-electron chi connectivity index (χ4n) is 2.67. The van der Waals surface area contributed by atoms with E-state index in [2.05, 4.69) is 9.97 Å². The standard InChI is InChI=1S/C15H17N3O/c1-10-14(12-3-2-8-16-9-12)18-15(17-10)11-4-6-13(19)7-5-11/h2-3,8-9,11H,4-7H2,1H3,(H,17,18). The Bertz CT molecular complexity index is 579. The lowest BCUT2D eigenvalue weighted by Crippen LogP contribution is -2.13. The van der Waals surface area contributed by atoms with Crippen molar-refractivity contribution in [3.05, 3.63) is 36.0 Å². The molecule has 0 atom stereocenters. The second-order valence-electron chi connectivity index (χ2n) is 5.15. The van der Waals surface area contributed by atoms with Crippen molar-refractivity contribution in [1.29, 1.82) is 0 Å². The van der Waals surface area contributed by atoms with Gasteiger partial charge in [-0.1, -0.05) is 0 Å². The Morgan fingerprint density at radius 3 is 2.79 bits per heavy atom.